The highest BCUT2D eigenvalue weighted by molar-refractivity contribution is 5.89. The number of nitrogens with zero attached hydrogens (tertiary/aromatic N) is 1. The zero-order valence-electron chi connectivity index (χ0n) is 14.4. The molecule has 1 aromatic carbocycles. The van der Waals surface area contributed by atoms with E-state index in [1.807, 2.05) is 36.1 Å². The molecule has 2 N–H and O–H groups in total. The van der Waals surface area contributed by atoms with Crippen molar-refractivity contribution in [3.63, 3.8) is 0 Å². The van der Waals surface area contributed by atoms with Crippen LogP contribution < -0.4 is 10.6 Å². The summed E-state index contributed by atoms with van der Waals surface area (Å²) in [4.78, 5) is 26.1. The molecule has 5 nitrogen and oxygen atoms in total. The van der Waals surface area contributed by atoms with Crippen LogP contribution in [0.5, 0.6) is 0 Å². The highest BCUT2D eigenvalue weighted by Crippen LogP contribution is 2.23. The van der Waals surface area contributed by atoms with Crippen molar-refractivity contribution in [3.8, 4) is 0 Å². The molecule has 0 unspecified atom stereocenters. The topological polar surface area (TPSA) is 61.4 Å². The Balaban J connectivity index is 1.44. The number of amides is 3. The first-order valence-electron chi connectivity index (χ1n) is 9.02. The molecule has 3 amide bonds. The third kappa shape index (κ3) is 4.98. The summed E-state index contributed by atoms with van der Waals surface area (Å²) >= 11 is 0. The van der Waals surface area contributed by atoms with Crippen molar-refractivity contribution in [1.29, 1.82) is 0 Å². The van der Waals surface area contributed by atoms with Gasteiger partial charge in [-0.2, -0.15) is 0 Å². The largest absolute Gasteiger partial charge is 0.353 e. The zero-order valence-corrected chi connectivity index (χ0v) is 14.4. The Morgan fingerprint density at radius 3 is 2.62 bits per heavy atom. The minimum Gasteiger partial charge on any atom is -0.353 e. The molecular formula is C19H27N3O2. The number of rotatable bonds is 5. The number of piperidine rings is 1. The molecule has 0 aromatic heterocycles. The van der Waals surface area contributed by atoms with Gasteiger partial charge in [-0.25, -0.2) is 4.79 Å². The smallest absolute Gasteiger partial charge is 0.321 e. The van der Waals surface area contributed by atoms with Gasteiger partial charge in [0.05, 0.1) is 0 Å². The number of carbonyl (C=O) groups excluding carboxylic acids is 2. The summed E-state index contributed by atoms with van der Waals surface area (Å²) in [6, 6.07) is 8.24. The fraction of sp³-hybridized carbons (Fsp3) is 0.579. The molecule has 1 aromatic rings. The number of carbonyl (C=O) groups is 2. The Kier molecular flexibility index (Phi) is 5.38. The fourth-order valence-corrected chi connectivity index (χ4v) is 3.19. The van der Waals surface area contributed by atoms with Crippen LogP contribution >= 0.6 is 0 Å². The number of benzene rings is 1. The standard InChI is InChI=1S/C19H27N3O2/c1-14-4-7-17(8-5-14)21-19(24)22-12-2-3-15(13-22)6-11-18(23)20-16-9-10-16/h4-5,7-8,15-16H,2-3,6,9-13H2,1H3,(H,20,23)(H,21,24)/t15-/m0/s1. The molecule has 1 aliphatic heterocycles. The summed E-state index contributed by atoms with van der Waals surface area (Å²) in [6.07, 6.45) is 5.81. The fourth-order valence-electron chi connectivity index (χ4n) is 3.19. The van der Waals surface area contributed by atoms with Crippen LogP contribution in [0.4, 0.5) is 10.5 Å². The second-order valence-electron chi connectivity index (χ2n) is 7.13. The lowest BCUT2D eigenvalue weighted by molar-refractivity contribution is -0.121. The first-order valence-corrected chi connectivity index (χ1v) is 9.02. The van der Waals surface area contributed by atoms with Crippen LogP contribution in [-0.4, -0.2) is 36.0 Å². The van der Waals surface area contributed by atoms with Crippen molar-refractivity contribution in [2.75, 3.05) is 18.4 Å². The molecule has 24 heavy (non-hydrogen) atoms. The number of aryl methyl sites for hydroxylation is 1. The molecule has 1 saturated carbocycles. The number of urea groups is 1. The van der Waals surface area contributed by atoms with Gasteiger partial charge in [-0.05, 0) is 57.1 Å². The number of hydrogen-bond donors (Lipinski definition) is 2. The lowest BCUT2D eigenvalue weighted by Crippen LogP contribution is -2.42. The van der Waals surface area contributed by atoms with E-state index < -0.39 is 0 Å². The maximum Gasteiger partial charge on any atom is 0.321 e. The minimum atomic E-state index is -0.0361. The summed E-state index contributed by atoms with van der Waals surface area (Å²) in [6.45, 7) is 3.57. The maximum absolute atomic E-state index is 12.4. The van der Waals surface area contributed by atoms with Crippen LogP contribution in [0.3, 0.4) is 0 Å². The first kappa shape index (κ1) is 16.8. The van der Waals surface area contributed by atoms with E-state index in [2.05, 4.69) is 10.6 Å². The lowest BCUT2D eigenvalue weighted by Gasteiger charge is -2.32. The summed E-state index contributed by atoms with van der Waals surface area (Å²) in [5.41, 5.74) is 2.01. The molecule has 1 aliphatic carbocycles. The third-order valence-corrected chi connectivity index (χ3v) is 4.83. The molecule has 0 spiro atoms. The monoisotopic (exact) mass is 329 g/mol. The summed E-state index contributed by atoms with van der Waals surface area (Å²) in [5, 5.41) is 6.00. The Bertz CT molecular complexity index is 581. The third-order valence-electron chi connectivity index (χ3n) is 4.83. The van der Waals surface area contributed by atoms with Crippen molar-refractivity contribution in [2.24, 2.45) is 5.92 Å². The molecule has 0 bridgehead atoms. The number of hydrogen-bond acceptors (Lipinski definition) is 2. The van der Waals surface area contributed by atoms with Gasteiger partial charge in [0, 0.05) is 31.2 Å². The van der Waals surface area contributed by atoms with Crippen LogP contribution in [0.2, 0.25) is 0 Å². The van der Waals surface area contributed by atoms with E-state index in [1.165, 1.54) is 5.56 Å². The molecule has 1 saturated heterocycles. The van der Waals surface area contributed by atoms with Gasteiger partial charge >= 0.3 is 6.03 Å². The van der Waals surface area contributed by atoms with Crippen LogP contribution in [0.1, 0.15) is 44.1 Å². The Labute approximate surface area is 143 Å². The van der Waals surface area contributed by atoms with Gasteiger partial charge in [0.25, 0.3) is 0 Å². The zero-order chi connectivity index (χ0) is 16.9. The minimum absolute atomic E-state index is 0.0361. The van der Waals surface area contributed by atoms with Crippen LogP contribution in [0.15, 0.2) is 24.3 Å². The van der Waals surface area contributed by atoms with Crippen LogP contribution in [-0.2, 0) is 4.79 Å². The second kappa shape index (κ2) is 7.69. The molecule has 3 rings (SSSR count). The predicted octanol–water partition coefficient (Wildman–Crippen LogP) is 3.30. The Hall–Kier alpha value is -2.04. The summed E-state index contributed by atoms with van der Waals surface area (Å²) in [5.74, 6) is 0.589. The van der Waals surface area contributed by atoms with Gasteiger partial charge in [-0.15, -0.1) is 0 Å². The molecule has 1 heterocycles. The quantitative estimate of drug-likeness (QED) is 0.871. The van der Waals surface area contributed by atoms with Crippen molar-refractivity contribution in [1.82, 2.24) is 10.2 Å². The average molecular weight is 329 g/mol. The summed E-state index contributed by atoms with van der Waals surface area (Å²) < 4.78 is 0. The van der Waals surface area contributed by atoms with Gasteiger partial charge in [-0.3, -0.25) is 4.79 Å². The summed E-state index contributed by atoms with van der Waals surface area (Å²) in [7, 11) is 0. The van der Waals surface area contributed by atoms with Gasteiger partial charge in [0.15, 0.2) is 0 Å². The Morgan fingerprint density at radius 1 is 1.17 bits per heavy atom. The number of likely N-dealkylation sites (tertiary alicyclic amines) is 1. The molecule has 2 aliphatic rings. The van der Waals surface area contributed by atoms with E-state index in [-0.39, 0.29) is 11.9 Å². The van der Waals surface area contributed by atoms with E-state index in [0.29, 0.717) is 18.4 Å². The number of anilines is 1. The van der Waals surface area contributed by atoms with E-state index >= 15 is 0 Å². The van der Waals surface area contributed by atoms with Gasteiger partial charge in [0.1, 0.15) is 0 Å². The van der Waals surface area contributed by atoms with Crippen molar-refractivity contribution >= 4 is 17.6 Å². The van der Waals surface area contributed by atoms with Gasteiger partial charge < -0.3 is 15.5 Å². The molecule has 130 valence electrons. The highest BCUT2D eigenvalue weighted by Gasteiger charge is 2.26. The maximum atomic E-state index is 12.4. The van der Waals surface area contributed by atoms with Crippen molar-refractivity contribution in [3.05, 3.63) is 29.8 Å². The molecule has 1 atom stereocenters. The number of nitrogens with one attached hydrogen (secondary N) is 2. The van der Waals surface area contributed by atoms with E-state index in [4.69, 9.17) is 0 Å². The molecular weight excluding hydrogens is 302 g/mol. The van der Waals surface area contributed by atoms with Gasteiger partial charge in [0.2, 0.25) is 5.91 Å². The van der Waals surface area contributed by atoms with E-state index in [9.17, 15) is 9.59 Å². The molecule has 2 fully saturated rings. The van der Waals surface area contributed by atoms with E-state index in [1.54, 1.807) is 0 Å². The average Bonchev–Trinajstić information content (AvgIpc) is 3.39. The highest BCUT2D eigenvalue weighted by atomic mass is 16.2. The Morgan fingerprint density at radius 2 is 1.92 bits per heavy atom. The van der Waals surface area contributed by atoms with Crippen LogP contribution in [0.25, 0.3) is 0 Å². The van der Waals surface area contributed by atoms with Crippen LogP contribution in [0, 0.1) is 12.8 Å². The normalized spacial score (nSPS) is 20.5. The van der Waals surface area contributed by atoms with E-state index in [0.717, 1.165) is 50.9 Å². The lowest BCUT2D eigenvalue weighted by atomic mass is 9.93. The molecule has 0 radical (unpaired) electrons. The first-order chi connectivity index (χ1) is 11.6. The van der Waals surface area contributed by atoms with Gasteiger partial charge in [-0.1, -0.05) is 17.7 Å². The SMILES string of the molecule is Cc1ccc(NC(=O)N2CCC[C@@H](CCC(=O)NC3CC3)C2)cc1. The molecule has 5 heteroatoms. The van der Waals surface area contributed by atoms with Crippen molar-refractivity contribution < 1.29 is 9.59 Å². The second-order valence-corrected chi connectivity index (χ2v) is 7.13. The predicted molar refractivity (Wildman–Crippen MR) is 94.9 cm³/mol. The van der Waals surface area contributed by atoms with Crippen molar-refractivity contribution in [2.45, 2.75) is 51.5 Å².